The second-order valence-corrected chi connectivity index (χ2v) is 20.8. The molecule has 0 saturated heterocycles. The van der Waals surface area contributed by atoms with Crippen LogP contribution in [-0.4, -0.2) is 72.1 Å². The van der Waals surface area contributed by atoms with Gasteiger partial charge in [0.15, 0.2) is 19.7 Å². The number of carboxylic acid groups (broad SMARTS) is 1. The Balaban J connectivity index is 1.77. The summed E-state index contributed by atoms with van der Waals surface area (Å²) in [5.74, 6) is -1.41. The third-order valence-electron chi connectivity index (χ3n) is 9.58. The van der Waals surface area contributed by atoms with Gasteiger partial charge in [0.2, 0.25) is 11.4 Å². The fourth-order valence-electron chi connectivity index (χ4n) is 7.41. The average molecular weight is 870 g/mol. The summed E-state index contributed by atoms with van der Waals surface area (Å²) in [6.45, 7) is 10.2. The molecule has 4 aromatic carbocycles. The fraction of sp³-hybridized carbons (Fsp3) is 0.200. The highest BCUT2D eigenvalue weighted by Crippen LogP contribution is 2.38. The van der Waals surface area contributed by atoms with Crippen LogP contribution in [0.5, 0.6) is 0 Å². The van der Waals surface area contributed by atoms with E-state index in [0.717, 1.165) is 30.2 Å². The van der Waals surface area contributed by atoms with Crippen molar-refractivity contribution in [1.29, 1.82) is 0 Å². The lowest BCUT2D eigenvalue weighted by Gasteiger charge is -2.19. The summed E-state index contributed by atoms with van der Waals surface area (Å²) < 4.78 is 120. The molecule has 0 saturated carbocycles. The van der Waals surface area contributed by atoms with E-state index in [0.29, 0.717) is 50.9 Å². The van der Waals surface area contributed by atoms with Crippen LogP contribution >= 0.6 is 0 Å². The highest BCUT2D eigenvalue weighted by Gasteiger charge is 2.30. The molecule has 0 unspecified atom stereocenters. The lowest BCUT2D eigenvalue weighted by atomic mass is 9.88. The number of allylic oxidation sites excluding steroid dienone is 4. The third-order valence-corrected chi connectivity index (χ3v) is 14.1. The van der Waals surface area contributed by atoms with Crippen molar-refractivity contribution in [1.82, 2.24) is 0 Å². The topological polar surface area (TPSA) is 240 Å². The van der Waals surface area contributed by atoms with Gasteiger partial charge < -0.3 is 10.4 Å². The van der Waals surface area contributed by atoms with Crippen LogP contribution in [0.1, 0.15) is 44.5 Å². The van der Waals surface area contributed by atoms with Gasteiger partial charge in [-0.25, -0.2) is 26.6 Å². The monoisotopic (exact) mass is 869 g/mol. The zero-order chi connectivity index (χ0) is 43.4. The summed E-state index contributed by atoms with van der Waals surface area (Å²) in [5.41, 5.74) is 4.59. The van der Waals surface area contributed by atoms with Crippen molar-refractivity contribution < 1.29 is 57.7 Å². The number of aliphatic carboxylic acids is 1. The summed E-state index contributed by atoms with van der Waals surface area (Å²) in [6.07, 6.45) is 6.29. The van der Waals surface area contributed by atoms with Crippen molar-refractivity contribution in [2.45, 2.75) is 61.1 Å². The molecule has 5 rings (SSSR count). The van der Waals surface area contributed by atoms with Crippen LogP contribution < -0.4 is 10.3 Å². The van der Waals surface area contributed by atoms with E-state index in [1.807, 2.05) is 6.92 Å². The van der Waals surface area contributed by atoms with E-state index in [9.17, 15) is 52.7 Å². The van der Waals surface area contributed by atoms with Crippen molar-refractivity contribution in [3.05, 3.63) is 128 Å². The lowest BCUT2D eigenvalue weighted by molar-refractivity contribution is -0.353. The van der Waals surface area contributed by atoms with Crippen LogP contribution in [0.25, 0.3) is 5.57 Å². The number of carbonyl (C=O) groups is 1. The van der Waals surface area contributed by atoms with E-state index < -0.39 is 55.7 Å². The second kappa shape index (κ2) is 15.5. The quantitative estimate of drug-likeness (QED) is 0.135. The summed E-state index contributed by atoms with van der Waals surface area (Å²) in [6, 6.07) is 12.3. The molecule has 306 valence electrons. The van der Waals surface area contributed by atoms with Crippen LogP contribution in [0.4, 0.5) is 17.1 Å². The molecule has 4 aromatic rings. The molecule has 18 heteroatoms. The molecule has 0 spiro atoms. The first-order valence-corrected chi connectivity index (χ1v) is 23.9. The Morgan fingerprint density at radius 3 is 1.72 bits per heavy atom. The molecule has 0 atom stereocenters. The number of benzene rings is 4. The van der Waals surface area contributed by atoms with Crippen LogP contribution in [0.15, 0.2) is 104 Å². The molecule has 1 aliphatic rings. The largest absolute Gasteiger partial charge is 0.477 e. The van der Waals surface area contributed by atoms with Gasteiger partial charge >= 0.3 is 5.97 Å². The molecule has 58 heavy (non-hydrogen) atoms. The molecule has 0 aromatic heterocycles. The van der Waals surface area contributed by atoms with Crippen molar-refractivity contribution in [3.8, 4) is 0 Å². The normalized spacial score (nSPS) is 15.3. The Morgan fingerprint density at radius 1 is 0.655 bits per heavy atom. The maximum atomic E-state index is 12.8. The highest BCUT2D eigenvalue weighted by molar-refractivity contribution is 7.91. The smallest absolute Gasteiger partial charge is 0.342 e. The molecule has 14 nitrogen and oxygen atoms in total. The average Bonchev–Trinajstić information content (AvgIpc) is 3.07. The molecular weight excluding hydrogens is 829 g/mol. The molecular formula is C40H41N2O12S4+. The first-order valence-electron chi connectivity index (χ1n) is 17.2. The number of hydrogen-bond donors (Lipinski definition) is 5. The molecule has 0 amide bonds. The van der Waals surface area contributed by atoms with E-state index >= 15 is 0 Å². The van der Waals surface area contributed by atoms with Gasteiger partial charge in [0.25, 0.3) is 20.2 Å². The van der Waals surface area contributed by atoms with E-state index in [2.05, 4.69) is 10.3 Å². The summed E-state index contributed by atoms with van der Waals surface area (Å²) in [7, 11) is -17.4. The van der Waals surface area contributed by atoms with Crippen LogP contribution in [-0.2, 0) is 44.7 Å². The Morgan fingerprint density at radius 2 is 1.21 bits per heavy atom. The first-order chi connectivity index (χ1) is 26.6. The van der Waals surface area contributed by atoms with Gasteiger partial charge in [-0.05, 0) is 123 Å². The van der Waals surface area contributed by atoms with Crippen LogP contribution in [0, 0.1) is 41.5 Å². The van der Waals surface area contributed by atoms with E-state index in [4.69, 9.17) is 0 Å². The molecule has 0 fully saturated rings. The SMILES string of the molecule is Cc1cc(C)c(S(C)(=O)=O)c(C)c1Nc1ccc(C(=C2C=CC(=[NH+]c3c(C)cc(C)c(S(C)(=O)=O)c3C)C(C(=O)O)=C2)c2ccc(S(=O)(=O)O)cc2S(=O)(=O)O)cc1. The van der Waals surface area contributed by atoms with Gasteiger partial charge in [-0.15, -0.1) is 0 Å². The van der Waals surface area contributed by atoms with Crippen molar-refractivity contribution in [3.63, 3.8) is 0 Å². The molecule has 0 radical (unpaired) electrons. The Bertz CT molecular complexity index is 3030. The number of carboxylic acids is 1. The predicted molar refractivity (Wildman–Crippen MR) is 220 cm³/mol. The van der Waals surface area contributed by atoms with Crippen LogP contribution in [0.2, 0.25) is 0 Å². The Labute approximate surface area is 337 Å². The Hall–Kier alpha value is -5.24. The third kappa shape index (κ3) is 8.91. The number of sulfone groups is 2. The number of rotatable bonds is 10. The molecule has 5 N–H and O–H groups in total. The number of hydrogen-bond acceptors (Lipinski definition) is 10. The Kier molecular flexibility index (Phi) is 11.7. The molecule has 0 heterocycles. The van der Waals surface area contributed by atoms with Gasteiger partial charge in [0.1, 0.15) is 10.5 Å². The minimum absolute atomic E-state index is 0.0271. The van der Waals surface area contributed by atoms with Crippen molar-refractivity contribution >= 4 is 74.2 Å². The molecule has 0 bridgehead atoms. The van der Waals surface area contributed by atoms with E-state index in [-0.39, 0.29) is 43.3 Å². The first kappa shape index (κ1) is 43.9. The van der Waals surface area contributed by atoms with Gasteiger partial charge in [-0.3, -0.25) is 9.11 Å². The molecule has 1 aliphatic carbocycles. The minimum Gasteiger partial charge on any atom is -0.477 e. The van der Waals surface area contributed by atoms with Crippen molar-refractivity contribution in [2.24, 2.45) is 0 Å². The predicted octanol–water partition coefficient (Wildman–Crippen LogP) is 4.82. The van der Waals surface area contributed by atoms with E-state index in [1.165, 1.54) is 18.2 Å². The zero-order valence-electron chi connectivity index (χ0n) is 32.6. The fourth-order valence-corrected chi connectivity index (χ4v) is 11.3. The van der Waals surface area contributed by atoms with Crippen LogP contribution in [0.3, 0.4) is 0 Å². The maximum absolute atomic E-state index is 12.8. The second-order valence-electron chi connectivity index (χ2n) is 14.1. The number of anilines is 2. The highest BCUT2D eigenvalue weighted by atomic mass is 32.2. The summed E-state index contributed by atoms with van der Waals surface area (Å²) in [4.78, 5) is 14.4. The standard InChI is InChI=1S/C40H40N2O12S4/c1-21-17-23(3)38(55(7,45)46)25(5)36(21)41-29-12-9-27(10-13-29)35(31-15-14-30(57(49,50)51)20-34(31)58(52,53)54)28-11-16-33(32(19-28)40(43)44)42-37-22(2)18-24(4)39(26(37)6)56(8,47)48/h9-20,41H,1-8H3,(H,43,44)(H,49,50,51)(H,52,53,54)/p+1. The van der Waals surface area contributed by atoms with E-state index in [1.54, 1.807) is 71.0 Å². The van der Waals surface area contributed by atoms with Gasteiger partial charge in [0.05, 0.1) is 14.7 Å². The van der Waals surface area contributed by atoms with Gasteiger partial charge in [-0.2, -0.15) is 16.8 Å². The summed E-state index contributed by atoms with van der Waals surface area (Å²) in [5, 5.41) is 13.7. The summed E-state index contributed by atoms with van der Waals surface area (Å²) >= 11 is 0. The molecule has 0 aliphatic heterocycles. The number of aryl methyl sites for hydroxylation is 4. The lowest BCUT2D eigenvalue weighted by Crippen LogP contribution is -2.68. The minimum atomic E-state index is -5.20. The van der Waals surface area contributed by atoms with Gasteiger partial charge in [0, 0.05) is 46.7 Å². The number of nitrogens with one attached hydrogen (secondary N) is 2. The maximum Gasteiger partial charge on any atom is 0.342 e. The zero-order valence-corrected chi connectivity index (χ0v) is 35.8. The van der Waals surface area contributed by atoms with Gasteiger partial charge in [-0.1, -0.05) is 24.3 Å². The van der Waals surface area contributed by atoms with Crippen molar-refractivity contribution in [2.75, 3.05) is 17.8 Å².